The van der Waals surface area contributed by atoms with Gasteiger partial charge < -0.3 is 9.63 Å². The molecule has 0 aliphatic rings. The van der Waals surface area contributed by atoms with Gasteiger partial charge in [0.25, 0.3) is 0 Å². The van der Waals surface area contributed by atoms with Crippen molar-refractivity contribution in [2.45, 2.75) is 19.8 Å². The number of rotatable bonds is 3. The Morgan fingerprint density at radius 2 is 2.29 bits per heavy atom. The van der Waals surface area contributed by atoms with E-state index in [-0.39, 0.29) is 6.61 Å². The van der Waals surface area contributed by atoms with E-state index in [2.05, 4.69) is 18.1 Å². The molecule has 0 spiro atoms. The van der Waals surface area contributed by atoms with Gasteiger partial charge in [-0.2, -0.15) is 0 Å². The van der Waals surface area contributed by atoms with Crippen LogP contribution in [0.1, 0.15) is 18.2 Å². The number of nitrogens with zero attached hydrogens (tertiary/aromatic N) is 1. The van der Waals surface area contributed by atoms with Crippen molar-refractivity contribution >= 4 is 11.0 Å². The minimum Gasteiger partial charge on any atom is -0.396 e. The predicted molar refractivity (Wildman–Crippen MR) is 54.2 cm³/mol. The molecule has 3 heteroatoms. The summed E-state index contributed by atoms with van der Waals surface area (Å²) in [5, 5.41) is 13.8. The molecule has 2 aromatic rings. The van der Waals surface area contributed by atoms with Gasteiger partial charge >= 0.3 is 0 Å². The summed E-state index contributed by atoms with van der Waals surface area (Å²) in [6, 6.07) is 6.05. The van der Waals surface area contributed by atoms with Crippen molar-refractivity contribution in [2.75, 3.05) is 6.61 Å². The highest BCUT2D eigenvalue weighted by Crippen LogP contribution is 2.20. The second kappa shape index (κ2) is 3.80. The minimum atomic E-state index is 0.109. The number of aliphatic hydroxyl groups is 1. The molecule has 0 saturated heterocycles. The van der Waals surface area contributed by atoms with Gasteiger partial charge in [-0.25, -0.2) is 0 Å². The molecule has 0 aliphatic heterocycles. The second-order valence-electron chi connectivity index (χ2n) is 3.29. The Morgan fingerprint density at radius 1 is 1.43 bits per heavy atom. The number of fused-ring (bicyclic) bond motifs is 1. The Labute approximate surface area is 82.3 Å². The van der Waals surface area contributed by atoms with Gasteiger partial charge in [0.2, 0.25) is 0 Å². The fourth-order valence-electron chi connectivity index (χ4n) is 1.54. The van der Waals surface area contributed by atoms with E-state index in [0.29, 0.717) is 6.42 Å². The van der Waals surface area contributed by atoms with Crippen molar-refractivity contribution < 1.29 is 9.63 Å². The standard InChI is InChI=1S/C11H13NO2/c1-2-8-3-4-11-9(7-8)10(5-6-13)12-14-11/h3-4,7,13H,2,5-6H2,1H3. The molecule has 1 heterocycles. The number of hydrogen-bond acceptors (Lipinski definition) is 3. The first-order valence-corrected chi connectivity index (χ1v) is 4.83. The summed E-state index contributed by atoms with van der Waals surface area (Å²) in [6.45, 7) is 2.22. The van der Waals surface area contributed by atoms with Gasteiger partial charge in [0.15, 0.2) is 5.58 Å². The van der Waals surface area contributed by atoms with E-state index in [1.807, 2.05) is 12.1 Å². The van der Waals surface area contributed by atoms with Crippen LogP contribution in [0.4, 0.5) is 0 Å². The lowest BCUT2D eigenvalue weighted by Crippen LogP contribution is -1.91. The van der Waals surface area contributed by atoms with Crippen molar-refractivity contribution in [1.29, 1.82) is 0 Å². The topological polar surface area (TPSA) is 46.3 Å². The molecule has 74 valence electrons. The molecule has 0 amide bonds. The smallest absolute Gasteiger partial charge is 0.167 e. The first-order chi connectivity index (χ1) is 6.85. The first-order valence-electron chi connectivity index (χ1n) is 4.83. The average molecular weight is 191 g/mol. The Kier molecular flexibility index (Phi) is 2.50. The van der Waals surface area contributed by atoms with Gasteiger partial charge in [-0.3, -0.25) is 0 Å². The van der Waals surface area contributed by atoms with Crippen molar-refractivity contribution in [2.24, 2.45) is 0 Å². The van der Waals surface area contributed by atoms with Crippen molar-refractivity contribution in [1.82, 2.24) is 5.16 Å². The fraction of sp³-hybridized carbons (Fsp3) is 0.364. The molecule has 1 aromatic carbocycles. The zero-order valence-electron chi connectivity index (χ0n) is 8.16. The number of aryl methyl sites for hydroxylation is 1. The summed E-state index contributed by atoms with van der Waals surface area (Å²) in [5.41, 5.74) is 2.91. The molecule has 1 N–H and O–H groups in total. The summed E-state index contributed by atoms with van der Waals surface area (Å²) in [6.07, 6.45) is 1.56. The van der Waals surface area contributed by atoms with Gasteiger partial charge in [0.05, 0.1) is 5.69 Å². The number of benzene rings is 1. The van der Waals surface area contributed by atoms with Crippen LogP contribution in [0.5, 0.6) is 0 Å². The molecule has 14 heavy (non-hydrogen) atoms. The molecule has 0 aliphatic carbocycles. The van der Waals surface area contributed by atoms with Gasteiger partial charge in [-0.05, 0) is 24.1 Å². The zero-order chi connectivity index (χ0) is 9.97. The molecular weight excluding hydrogens is 178 g/mol. The Bertz CT molecular complexity index is 434. The molecule has 0 bridgehead atoms. The minimum absolute atomic E-state index is 0.109. The average Bonchev–Trinajstić information content (AvgIpc) is 2.61. The van der Waals surface area contributed by atoms with Crippen molar-refractivity contribution in [3.05, 3.63) is 29.5 Å². The summed E-state index contributed by atoms with van der Waals surface area (Å²) in [7, 11) is 0. The van der Waals surface area contributed by atoms with Gasteiger partial charge in [0, 0.05) is 18.4 Å². The lowest BCUT2D eigenvalue weighted by Gasteiger charge is -1.96. The molecular formula is C11H13NO2. The normalized spacial score (nSPS) is 11.0. The maximum absolute atomic E-state index is 8.84. The molecule has 0 saturated carbocycles. The maximum atomic E-state index is 8.84. The van der Waals surface area contributed by atoms with Crippen LogP contribution >= 0.6 is 0 Å². The van der Waals surface area contributed by atoms with Crippen LogP contribution in [-0.2, 0) is 12.8 Å². The highest BCUT2D eigenvalue weighted by Gasteiger charge is 2.07. The van der Waals surface area contributed by atoms with Crippen LogP contribution in [-0.4, -0.2) is 16.9 Å². The van der Waals surface area contributed by atoms with Gasteiger partial charge in [-0.15, -0.1) is 0 Å². The Hall–Kier alpha value is -1.35. The van der Waals surface area contributed by atoms with Crippen LogP contribution in [0.3, 0.4) is 0 Å². The molecule has 1 aromatic heterocycles. The zero-order valence-corrected chi connectivity index (χ0v) is 8.16. The number of aromatic nitrogens is 1. The predicted octanol–water partition coefficient (Wildman–Crippen LogP) is 1.93. The van der Waals surface area contributed by atoms with Crippen LogP contribution in [0.25, 0.3) is 11.0 Å². The number of hydrogen-bond donors (Lipinski definition) is 1. The third kappa shape index (κ3) is 1.51. The van der Waals surface area contributed by atoms with Crippen LogP contribution < -0.4 is 0 Å². The largest absolute Gasteiger partial charge is 0.396 e. The van der Waals surface area contributed by atoms with E-state index in [9.17, 15) is 0 Å². The van der Waals surface area contributed by atoms with E-state index in [1.54, 1.807) is 0 Å². The lowest BCUT2D eigenvalue weighted by molar-refractivity contribution is 0.295. The highest BCUT2D eigenvalue weighted by atomic mass is 16.5. The van der Waals surface area contributed by atoms with E-state index >= 15 is 0 Å². The molecule has 3 nitrogen and oxygen atoms in total. The third-order valence-electron chi connectivity index (χ3n) is 2.37. The van der Waals surface area contributed by atoms with Crippen LogP contribution in [0, 0.1) is 0 Å². The third-order valence-corrected chi connectivity index (χ3v) is 2.37. The monoisotopic (exact) mass is 191 g/mol. The summed E-state index contributed by atoms with van der Waals surface area (Å²) in [5.74, 6) is 0. The Balaban J connectivity index is 2.52. The van der Waals surface area contributed by atoms with Crippen LogP contribution in [0.2, 0.25) is 0 Å². The fourth-order valence-corrected chi connectivity index (χ4v) is 1.54. The van der Waals surface area contributed by atoms with Gasteiger partial charge in [-0.1, -0.05) is 18.1 Å². The first kappa shape index (κ1) is 9.21. The van der Waals surface area contributed by atoms with Crippen molar-refractivity contribution in [3.8, 4) is 0 Å². The quantitative estimate of drug-likeness (QED) is 0.806. The van der Waals surface area contributed by atoms with E-state index in [4.69, 9.17) is 9.63 Å². The van der Waals surface area contributed by atoms with E-state index in [1.165, 1.54) is 5.56 Å². The molecule has 0 atom stereocenters. The summed E-state index contributed by atoms with van der Waals surface area (Å²) >= 11 is 0. The molecule has 0 unspecified atom stereocenters. The molecule has 0 radical (unpaired) electrons. The second-order valence-corrected chi connectivity index (χ2v) is 3.29. The summed E-state index contributed by atoms with van der Waals surface area (Å²) < 4.78 is 5.14. The summed E-state index contributed by atoms with van der Waals surface area (Å²) in [4.78, 5) is 0. The number of aliphatic hydroxyl groups excluding tert-OH is 1. The van der Waals surface area contributed by atoms with Crippen molar-refractivity contribution in [3.63, 3.8) is 0 Å². The van der Waals surface area contributed by atoms with Gasteiger partial charge in [0.1, 0.15) is 0 Å². The van der Waals surface area contributed by atoms with E-state index < -0.39 is 0 Å². The Morgan fingerprint density at radius 3 is 3.00 bits per heavy atom. The molecule has 2 rings (SSSR count). The maximum Gasteiger partial charge on any atom is 0.167 e. The molecule has 0 fully saturated rings. The lowest BCUT2D eigenvalue weighted by atomic mass is 10.1. The SMILES string of the molecule is CCc1ccc2onc(CCO)c2c1. The highest BCUT2D eigenvalue weighted by molar-refractivity contribution is 5.80. The van der Waals surface area contributed by atoms with Crippen LogP contribution in [0.15, 0.2) is 22.7 Å². The van der Waals surface area contributed by atoms with E-state index in [0.717, 1.165) is 23.1 Å².